The lowest BCUT2D eigenvalue weighted by molar-refractivity contribution is 0.398. The van der Waals surface area contributed by atoms with Crippen molar-refractivity contribution >= 4 is 17.2 Å². The number of methoxy groups -OCH3 is 1. The Bertz CT molecular complexity index is 258. The molecule has 0 aliphatic heterocycles. The van der Waals surface area contributed by atoms with Gasteiger partial charge in [0.2, 0.25) is 5.88 Å². The van der Waals surface area contributed by atoms with Crippen LogP contribution in [0.15, 0.2) is 18.3 Å². The summed E-state index contributed by atoms with van der Waals surface area (Å²) in [7, 11) is 1.56. The third-order valence-electron chi connectivity index (χ3n) is 1.23. The Balaban J connectivity index is 2.91. The molecule has 11 heavy (non-hydrogen) atoms. The first-order valence-corrected chi connectivity index (χ1v) is 3.44. The van der Waals surface area contributed by atoms with Gasteiger partial charge in [0, 0.05) is 17.8 Å². The maximum Gasteiger partial charge on any atom is 0.212 e. The van der Waals surface area contributed by atoms with E-state index >= 15 is 0 Å². The van der Waals surface area contributed by atoms with Crippen molar-refractivity contribution in [2.45, 2.75) is 0 Å². The standard InChI is InChI=1S/C7H8N2OS/c1-10-6-3-2-5(4-9-6)7(8)11/h2-4H,1H3,(H2,8,11). The van der Waals surface area contributed by atoms with Crippen LogP contribution in [0.3, 0.4) is 0 Å². The van der Waals surface area contributed by atoms with E-state index in [0.717, 1.165) is 5.56 Å². The van der Waals surface area contributed by atoms with Crippen molar-refractivity contribution in [2.75, 3.05) is 7.11 Å². The van der Waals surface area contributed by atoms with E-state index in [1.165, 1.54) is 0 Å². The molecule has 0 saturated heterocycles. The number of ether oxygens (including phenoxy) is 1. The molecule has 2 N–H and O–H groups in total. The average molecular weight is 168 g/mol. The van der Waals surface area contributed by atoms with Gasteiger partial charge in [0.05, 0.1) is 7.11 Å². The number of aromatic nitrogens is 1. The topological polar surface area (TPSA) is 48.1 Å². The minimum Gasteiger partial charge on any atom is -0.481 e. The fraction of sp³-hybridized carbons (Fsp3) is 0.143. The van der Waals surface area contributed by atoms with Crippen molar-refractivity contribution in [1.29, 1.82) is 0 Å². The smallest absolute Gasteiger partial charge is 0.212 e. The Labute approximate surface area is 70.2 Å². The van der Waals surface area contributed by atoms with Gasteiger partial charge >= 0.3 is 0 Å². The molecule has 0 saturated carbocycles. The number of nitrogens with two attached hydrogens (primary N) is 1. The summed E-state index contributed by atoms with van der Waals surface area (Å²) in [5, 5.41) is 0. The molecule has 0 aliphatic rings. The number of hydrogen-bond acceptors (Lipinski definition) is 3. The molecule has 0 fully saturated rings. The molecule has 0 aromatic carbocycles. The second kappa shape index (κ2) is 3.30. The molecule has 0 spiro atoms. The molecule has 0 amide bonds. The predicted molar refractivity (Wildman–Crippen MR) is 46.7 cm³/mol. The van der Waals surface area contributed by atoms with E-state index in [2.05, 4.69) is 4.98 Å². The van der Waals surface area contributed by atoms with Crippen molar-refractivity contribution in [3.05, 3.63) is 23.9 Å². The van der Waals surface area contributed by atoms with Crippen molar-refractivity contribution in [3.8, 4) is 5.88 Å². The molecule has 0 atom stereocenters. The molecule has 1 heterocycles. The van der Waals surface area contributed by atoms with Gasteiger partial charge in [-0.2, -0.15) is 0 Å². The maximum absolute atomic E-state index is 5.36. The fourth-order valence-corrected chi connectivity index (χ4v) is 0.768. The Morgan fingerprint density at radius 3 is 2.73 bits per heavy atom. The summed E-state index contributed by atoms with van der Waals surface area (Å²) in [6, 6.07) is 3.49. The lowest BCUT2D eigenvalue weighted by atomic mass is 10.3. The summed E-state index contributed by atoms with van der Waals surface area (Å²) in [5.74, 6) is 0.560. The quantitative estimate of drug-likeness (QED) is 0.661. The molecule has 0 radical (unpaired) electrons. The van der Waals surface area contributed by atoms with E-state index in [9.17, 15) is 0 Å². The van der Waals surface area contributed by atoms with Gasteiger partial charge in [-0.25, -0.2) is 4.98 Å². The Morgan fingerprint density at radius 2 is 2.36 bits per heavy atom. The molecule has 58 valence electrons. The minimum atomic E-state index is 0.347. The van der Waals surface area contributed by atoms with E-state index in [4.69, 9.17) is 22.7 Å². The first-order valence-electron chi connectivity index (χ1n) is 3.04. The van der Waals surface area contributed by atoms with Crippen LogP contribution in [-0.2, 0) is 0 Å². The Morgan fingerprint density at radius 1 is 1.64 bits per heavy atom. The lowest BCUT2D eigenvalue weighted by Gasteiger charge is -1.99. The van der Waals surface area contributed by atoms with Crippen LogP contribution in [0, 0.1) is 0 Å². The molecular formula is C7H8N2OS. The highest BCUT2D eigenvalue weighted by molar-refractivity contribution is 7.80. The molecule has 0 aliphatic carbocycles. The van der Waals surface area contributed by atoms with E-state index in [1.807, 2.05) is 0 Å². The van der Waals surface area contributed by atoms with Crippen molar-refractivity contribution in [2.24, 2.45) is 5.73 Å². The third-order valence-corrected chi connectivity index (χ3v) is 1.47. The Kier molecular flexibility index (Phi) is 2.38. The molecule has 1 aromatic rings. The van der Waals surface area contributed by atoms with Gasteiger partial charge < -0.3 is 10.5 Å². The summed E-state index contributed by atoms with van der Waals surface area (Å²) in [6.07, 6.45) is 1.58. The van der Waals surface area contributed by atoms with Gasteiger partial charge in [0.1, 0.15) is 4.99 Å². The minimum absolute atomic E-state index is 0.347. The number of thiocarbonyl (C=S) groups is 1. The first kappa shape index (κ1) is 7.94. The first-order chi connectivity index (χ1) is 5.24. The highest BCUT2D eigenvalue weighted by Crippen LogP contribution is 2.05. The van der Waals surface area contributed by atoms with Gasteiger partial charge in [-0.1, -0.05) is 12.2 Å². The van der Waals surface area contributed by atoms with Crippen molar-refractivity contribution in [3.63, 3.8) is 0 Å². The van der Waals surface area contributed by atoms with Crippen LogP contribution in [0.25, 0.3) is 0 Å². The van der Waals surface area contributed by atoms with Gasteiger partial charge in [-0.3, -0.25) is 0 Å². The van der Waals surface area contributed by atoms with Crippen LogP contribution >= 0.6 is 12.2 Å². The molecule has 1 aromatic heterocycles. The summed E-state index contributed by atoms with van der Waals surface area (Å²) < 4.78 is 4.85. The summed E-state index contributed by atoms with van der Waals surface area (Å²) in [5.41, 5.74) is 6.11. The number of hydrogen-bond donors (Lipinski definition) is 1. The van der Waals surface area contributed by atoms with Crippen molar-refractivity contribution in [1.82, 2.24) is 4.98 Å². The van der Waals surface area contributed by atoms with Crippen LogP contribution in [0.4, 0.5) is 0 Å². The van der Waals surface area contributed by atoms with Gasteiger partial charge in [-0.15, -0.1) is 0 Å². The third kappa shape index (κ3) is 1.88. The zero-order valence-corrected chi connectivity index (χ0v) is 6.89. The molecule has 4 heteroatoms. The van der Waals surface area contributed by atoms with Crippen LogP contribution in [0.5, 0.6) is 5.88 Å². The molecule has 3 nitrogen and oxygen atoms in total. The fourth-order valence-electron chi connectivity index (χ4n) is 0.647. The van der Waals surface area contributed by atoms with E-state index < -0.39 is 0 Å². The van der Waals surface area contributed by atoms with E-state index in [-0.39, 0.29) is 0 Å². The summed E-state index contributed by atoms with van der Waals surface area (Å²) in [4.78, 5) is 4.28. The lowest BCUT2D eigenvalue weighted by Crippen LogP contribution is -2.09. The highest BCUT2D eigenvalue weighted by Gasteiger charge is 1.96. The largest absolute Gasteiger partial charge is 0.481 e. The monoisotopic (exact) mass is 168 g/mol. The number of rotatable bonds is 2. The van der Waals surface area contributed by atoms with Crippen LogP contribution < -0.4 is 10.5 Å². The second-order valence-corrected chi connectivity index (χ2v) is 2.39. The highest BCUT2D eigenvalue weighted by atomic mass is 32.1. The molecule has 0 bridgehead atoms. The SMILES string of the molecule is COc1ccc(C(N)=S)cn1. The van der Waals surface area contributed by atoms with Crippen LogP contribution in [-0.4, -0.2) is 17.1 Å². The van der Waals surface area contributed by atoms with Gasteiger partial charge in [0.15, 0.2) is 0 Å². The van der Waals surface area contributed by atoms with Crippen LogP contribution in [0.2, 0.25) is 0 Å². The van der Waals surface area contributed by atoms with Crippen molar-refractivity contribution < 1.29 is 4.74 Å². The van der Waals surface area contributed by atoms with E-state index in [1.54, 1.807) is 25.4 Å². The summed E-state index contributed by atoms with van der Waals surface area (Å²) in [6.45, 7) is 0. The zero-order valence-electron chi connectivity index (χ0n) is 6.07. The molecule has 1 rings (SSSR count). The normalized spacial score (nSPS) is 9.18. The Hall–Kier alpha value is -1.16. The maximum atomic E-state index is 5.36. The zero-order chi connectivity index (χ0) is 8.27. The number of nitrogens with zero attached hydrogens (tertiary/aromatic N) is 1. The van der Waals surface area contributed by atoms with Gasteiger partial charge in [0.25, 0.3) is 0 Å². The van der Waals surface area contributed by atoms with Gasteiger partial charge in [-0.05, 0) is 6.07 Å². The second-order valence-electron chi connectivity index (χ2n) is 1.95. The molecular weight excluding hydrogens is 160 g/mol. The molecule has 0 unspecified atom stereocenters. The number of pyridine rings is 1. The average Bonchev–Trinajstić information content (AvgIpc) is 2.05. The summed E-state index contributed by atoms with van der Waals surface area (Å²) >= 11 is 4.74. The van der Waals surface area contributed by atoms with Crippen LogP contribution in [0.1, 0.15) is 5.56 Å². The predicted octanol–water partition coefficient (Wildman–Crippen LogP) is 0.724. The van der Waals surface area contributed by atoms with E-state index in [0.29, 0.717) is 10.9 Å².